The van der Waals surface area contributed by atoms with Gasteiger partial charge in [0.05, 0.1) is 11.0 Å². The van der Waals surface area contributed by atoms with Crippen LogP contribution in [0.5, 0.6) is 0 Å². The van der Waals surface area contributed by atoms with Crippen LogP contribution in [0.25, 0.3) is 11.0 Å². The third kappa shape index (κ3) is 2.11. The minimum Gasteiger partial charge on any atom is -0.369 e. The highest BCUT2D eigenvalue weighted by molar-refractivity contribution is 5.81. The van der Waals surface area contributed by atoms with Gasteiger partial charge in [0.15, 0.2) is 0 Å². The van der Waals surface area contributed by atoms with Gasteiger partial charge in [0.25, 0.3) is 0 Å². The minimum absolute atomic E-state index is 0.537. The van der Waals surface area contributed by atoms with Gasteiger partial charge in [0.1, 0.15) is 0 Å². The Kier molecular flexibility index (Phi) is 3.21. The summed E-state index contributed by atoms with van der Waals surface area (Å²) in [6.45, 7) is 4.41. The number of aromatic nitrogens is 2. The Balaban J connectivity index is 1.97. The largest absolute Gasteiger partial charge is 0.369 e. The predicted molar refractivity (Wildman–Crippen MR) is 80.2 cm³/mol. The number of hydrogen-bond acceptors (Lipinski definition) is 2. The lowest BCUT2D eigenvalue weighted by Crippen LogP contribution is -2.19. The second-order valence-electron chi connectivity index (χ2n) is 5.87. The Morgan fingerprint density at radius 2 is 2.00 bits per heavy atom. The van der Waals surface area contributed by atoms with Gasteiger partial charge in [0, 0.05) is 6.04 Å². The third-order valence-electron chi connectivity index (χ3n) is 4.71. The van der Waals surface area contributed by atoms with E-state index in [9.17, 15) is 0 Å². The zero-order valence-corrected chi connectivity index (χ0v) is 11.9. The molecule has 3 rings (SSSR count). The number of benzene rings is 1. The molecule has 0 atom stereocenters. The van der Waals surface area contributed by atoms with E-state index < -0.39 is 0 Å². The molecule has 1 aromatic carbocycles. The van der Waals surface area contributed by atoms with Crippen molar-refractivity contribution in [3.05, 3.63) is 23.8 Å². The lowest BCUT2D eigenvalue weighted by atomic mass is 9.84. The van der Waals surface area contributed by atoms with Gasteiger partial charge in [-0.2, -0.15) is 0 Å². The van der Waals surface area contributed by atoms with Gasteiger partial charge >= 0.3 is 0 Å². The fraction of sp³-hybridized carbons (Fsp3) is 0.562. The molecule has 0 unspecified atom stereocenters. The van der Waals surface area contributed by atoms with Gasteiger partial charge in [-0.3, -0.25) is 0 Å². The maximum absolute atomic E-state index is 6.17. The van der Waals surface area contributed by atoms with E-state index in [-0.39, 0.29) is 0 Å². The molecule has 0 saturated heterocycles. The summed E-state index contributed by atoms with van der Waals surface area (Å²) in [5.41, 5.74) is 9.66. The van der Waals surface area contributed by atoms with E-state index in [0.29, 0.717) is 12.0 Å². The average Bonchev–Trinajstić information content (AvgIpc) is 2.77. The first kappa shape index (κ1) is 12.5. The summed E-state index contributed by atoms with van der Waals surface area (Å²) in [7, 11) is 0. The summed E-state index contributed by atoms with van der Waals surface area (Å²) < 4.78 is 2.27. The van der Waals surface area contributed by atoms with Crippen molar-refractivity contribution < 1.29 is 0 Å². The summed E-state index contributed by atoms with van der Waals surface area (Å²) in [5.74, 6) is 1.60. The minimum atomic E-state index is 0.537. The SMILES string of the molecule is CCC1CCC(n2c(N)nc3c(C)cccc32)CC1. The fourth-order valence-corrected chi connectivity index (χ4v) is 3.47. The van der Waals surface area contributed by atoms with E-state index in [0.717, 1.165) is 11.4 Å². The molecular formula is C16H23N3. The topological polar surface area (TPSA) is 43.8 Å². The first-order valence-corrected chi connectivity index (χ1v) is 7.43. The molecule has 1 saturated carbocycles. The molecule has 1 aliphatic carbocycles. The highest BCUT2D eigenvalue weighted by Gasteiger charge is 2.24. The van der Waals surface area contributed by atoms with Gasteiger partial charge in [-0.05, 0) is 50.2 Å². The lowest BCUT2D eigenvalue weighted by molar-refractivity contribution is 0.275. The van der Waals surface area contributed by atoms with Crippen molar-refractivity contribution in [1.82, 2.24) is 9.55 Å². The number of nitrogen functional groups attached to an aromatic ring is 1. The fourth-order valence-electron chi connectivity index (χ4n) is 3.47. The van der Waals surface area contributed by atoms with Crippen molar-refractivity contribution in [1.29, 1.82) is 0 Å². The number of imidazole rings is 1. The molecule has 3 nitrogen and oxygen atoms in total. The quantitative estimate of drug-likeness (QED) is 0.881. The molecule has 2 aromatic rings. The first-order valence-electron chi connectivity index (χ1n) is 7.43. The normalized spacial score (nSPS) is 23.9. The van der Waals surface area contributed by atoms with Crippen LogP contribution in [-0.4, -0.2) is 9.55 Å². The zero-order valence-electron chi connectivity index (χ0n) is 11.9. The Morgan fingerprint density at radius 3 is 2.68 bits per heavy atom. The molecule has 102 valence electrons. The van der Waals surface area contributed by atoms with Gasteiger partial charge < -0.3 is 10.3 Å². The van der Waals surface area contributed by atoms with E-state index in [2.05, 4.69) is 41.6 Å². The van der Waals surface area contributed by atoms with Crippen LogP contribution in [-0.2, 0) is 0 Å². The number of fused-ring (bicyclic) bond motifs is 1. The van der Waals surface area contributed by atoms with Crippen LogP contribution in [0.2, 0.25) is 0 Å². The lowest BCUT2D eigenvalue weighted by Gasteiger charge is -2.29. The number of aryl methyl sites for hydroxylation is 1. The summed E-state index contributed by atoms with van der Waals surface area (Å²) >= 11 is 0. The van der Waals surface area contributed by atoms with E-state index in [1.165, 1.54) is 43.2 Å². The maximum atomic E-state index is 6.17. The number of nitrogens with two attached hydrogens (primary N) is 1. The Labute approximate surface area is 114 Å². The van der Waals surface area contributed by atoms with Crippen LogP contribution in [0.3, 0.4) is 0 Å². The zero-order chi connectivity index (χ0) is 13.4. The molecule has 0 aliphatic heterocycles. The molecule has 0 spiro atoms. The second-order valence-corrected chi connectivity index (χ2v) is 5.87. The molecule has 1 aliphatic rings. The van der Waals surface area contributed by atoms with Crippen LogP contribution in [0.1, 0.15) is 50.6 Å². The molecule has 0 radical (unpaired) electrons. The van der Waals surface area contributed by atoms with Crippen LogP contribution < -0.4 is 5.73 Å². The van der Waals surface area contributed by atoms with Crippen molar-refractivity contribution in [2.75, 3.05) is 5.73 Å². The number of para-hydroxylation sites is 1. The van der Waals surface area contributed by atoms with Crippen molar-refractivity contribution in [2.45, 2.75) is 52.0 Å². The Morgan fingerprint density at radius 1 is 1.26 bits per heavy atom. The van der Waals surface area contributed by atoms with E-state index >= 15 is 0 Å². The molecule has 1 heterocycles. The number of hydrogen-bond donors (Lipinski definition) is 1. The van der Waals surface area contributed by atoms with Crippen LogP contribution in [0.4, 0.5) is 5.95 Å². The second kappa shape index (κ2) is 4.87. The average molecular weight is 257 g/mol. The number of rotatable bonds is 2. The smallest absolute Gasteiger partial charge is 0.201 e. The Hall–Kier alpha value is -1.51. The molecule has 2 N–H and O–H groups in total. The van der Waals surface area contributed by atoms with Gasteiger partial charge in [-0.1, -0.05) is 25.5 Å². The Bertz CT molecular complexity index is 577. The highest BCUT2D eigenvalue weighted by Crippen LogP contribution is 2.37. The summed E-state index contributed by atoms with van der Waals surface area (Å²) in [6, 6.07) is 6.90. The number of nitrogens with zero attached hydrogens (tertiary/aromatic N) is 2. The third-order valence-corrected chi connectivity index (χ3v) is 4.71. The van der Waals surface area contributed by atoms with Crippen LogP contribution >= 0.6 is 0 Å². The van der Waals surface area contributed by atoms with Crippen molar-refractivity contribution in [3.8, 4) is 0 Å². The molecule has 19 heavy (non-hydrogen) atoms. The first-order chi connectivity index (χ1) is 9.20. The van der Waals surface area contributed by atoms with Crippen molar-refractivity contribution in [2.24, 2.45) is 5.92 Å². The molecular weight excluding hydrogens is 234 g/mol. The molecule has 1 aromatic heterocycles. The van der Waals surface area contributed by atoms with E-state index in [4.69, 9.17) is 5.73 Å². The van der Waals surface area contributed by atoms with Crippen molar-refractivity contribution >= 4 is 17.0 Å². The van der Waals surface area contributed by atoms with Gasteiger partial charge in [-0.25, -0.2) is 4.98 Å². The molecule has 0 bridgehead atoms. The van der Waals surface area contributed by atoms with Crippen molar-refractivity contribution in [3.63, 3.8) is 0 Å². The van der Waals surface area contributed by atoms with E-state index in [1.54, 1.807) is 0 Å². The maximum Gasteiger partial charge on any atom is 0.201 e. The van der Waals surface area contributed by atoms with Gasteiger partial charge in [0.2, 0.25) is 5.95 Å². The molecule has 1 fully saturated rings. The summed E-state index contributed by atoms with van der Waals surface area (Å²) in [4.78, 5) is 4.57. The summed E-state index contributed by atoms with van der Waals surface area (Å²) in [6.07, 6.45) is 6.44. The summed E-state index contributed by atoms with van der Waals surface area (Å²) in [5, 5.41) is 0. The monoisotopic (exact) mass is 257 g/mol. The standard InChI is InChI=1S/C16H23N3/c1-3-12-7-9-13(10-8-12)19-14-6-4-5-11(2)15(14)18-16(19)17/h4-6,12-13H,3,7-10H2,1-2H3,(H2,17,18). The van der Waals surface area contributed by atoms with Crippen LogP contribution in [0.15, 0.2) is 18.2 Å². The highest BCUT2D eigenvalue weighted by atomic mass is 15.2. The van der Waals surface area contributed by atoms with Gasteiger partial charge in [-0.15, -0.1) is 0 Å². The predicted octanol–water partition coefficient (Wildman–Crippen LogP) is 4.07. The molecule has 3 heteroatoms. The molecule has 0 amide bonds. The van der Waals surface area contributed by atoms with E-state index in [1.807, 2.05) is 0 Å². The number of anilines is 1. The van der Waals surface area contributed by atoms with Crippen LogP contribution in [0, 0.1) is 12.8 Å².